The molecule has 1 fully saturated rings. The van der Waals surface area contributed by atoms with Gasteiger partial charge in [0, 0.05) is 0 Å². The van der Waals surface area contributed by atoms with Crippen LogP contribution in [0.1, 0.15) is 25.7 Å². The zero-order chi connectivity index (χ0) is 11.7. The second kappa shape index (κ2) is 4.27. The number of hydrogen-bond acceptors (Lipinski definition) is 4. The highest BCUT2D eigenvalue weighted by molar-refractivity contribution is 7.20. The molecule has 0 aliphatic heterocycles. The van der Waals surface area contributed by atoms with Crippen LogP contribution < -0.4 is 10.5 Å². The van der Waals surface area contributed by atoms with Crippen molar-refractivity contribution >= 4 is 21.6 Å². The molecule has 3 nitrogen and oxygen atoms in total. The summed E-state index contributed by atoms with van der Waals surface area (Å²) >= 11 is 1.59. The molecule has 1 aliphatic rings. The maximum Gasteiger partial charge on any atom is 0.274 e. The number of rotatable bonds is 3. The van der Waals surface area contributed by atoms with E-state index in [0.717, 1.165) is 23.6 Å². The Morgan fingerprint density at radius 3 is 2.82 bits per heavy atom. The fourth-order valence-electron chi connectivity index (χ4n) is 2.34. The van der Waals surface area contributed by atoms with Gasteiger partial charge in [-0.1, -0.05) is 36.3 Å². The van der Waals surface area contributed by atoms with E-state index in [0.29, 0.717) is 6.61 Å². The van der Waals surface area contributed by atoms with Crippen LogP contribution in [0.5, 0.6) is 5.19 Å². The molecular formula is C13H16N2OS. The zero-order valence-electron chi connectivity index (χ0n) is 9.69. The standard InChI is InChI=1S/C13H16N2OS/c14-13(7-3-4-8-13)9-16-12-15-10-5-1-2-6-11(10)17-12/h1-2,5-6H,3-4,7-9,14H2. The van der Waals surface area contributed by atoms with Gasteiger partial charge < -0.3 is 10.5 Å². The fraction of sp³-hybridized carbons (Fsp3) is 0.462. The van der Waals surface area contributed by atoms with Crippen LogP contribution >= 0.6 is 11.3 Å². The number of aromatic nitrogens is 1. The van der Waals surface area contributed by atoms with Gasteiger partial charge in [0.05, 0.1) is 15.8 Å². The summed E-state index contributed by atoms with van der Waals surface area (Å²) in [6.07, 6.45) is 4.58. The van der Waals surface area contributed by atoms with Gasteiger partial charge in [0.15, 0.2) is 0 Å². The van der Waals surface area contributed by atoms with Crippen molar-refractivity contribution in [3.8, 4) is 5.19 Å². The van der Waals surface area contributed by atoms with E-state index >= 15 is 0 Å². The number of ether oxygens (including phenoxy) is 1. The molecule has 0 amide bonds. The molecule has 90 valence electrons. The molecule has 1 aliphatic carbocycles. The van der Waals surface area contributed by atoms with Crippen molar-refractivity contribution in [2.24, 2.45) is 5.73 Å². The molecule has 1 saturated carbocycles. The van der Waals surface area contributed by atoms with E-state index in [4.69, 9.17) is 10.5 Å². The SMILES string of the molecule is NC1(COc2nc3ccccc3s2)CCCC1. The minimum absolute atomic E-state index is 0.127. The average molecular weight is 248 g/mol. The molecule has 2 N–H and O–H groups in total. The van der Waals surface area contributed by atoms with Gasteiger partial charge in [0.25, 0.3) is 5.19 Å². The minimum atomic E-state index is -0.127. The maximum absolute atomic E-state index is 6.25. The number of fused-ring (bicyclic) bond motifs is 1. The van der Waals surface area contributed by atoms with Gasteiger partial charge in [-0.3, -0.25) is 0 Å². The normalized spacial score (nSPS) is 18.6. The third-order valence-corrected chi connectivity index (χ3v) is 4.31. The fourth-order valence-corrected chi connectivity index (χ4v) is 3.16. The van der Waals surface area contributed by atoms with Gasteiger partial charge in [0.2, 0.25) is 0 Å². The van der Waals surface area contributed by atoms with E-state index in [2.05, 4.69) is 11.1 Å². The Morgan fingerprint density at radius 2 is 2.06 bits per heavy atom. The first-order valence-corrected chi connectivity index (χ1v) is 6.84. The Balaban J connectivity index is 1.72. The van der Waals surface area contributed by atoms with Gasteiger partial charge in [0.1, 0.15) is 6.61 Å². The lowest BCUT2D eigenvalue weighted by atomic mass is 10.0. The molecule has 1 aromatic heterocycles. The highest BCUT2D eigenvalue weighted by Crippen LogP contribution is 2.31. The number of benzene rings is 1. The molecule has 1 aromatic carbocycles. The molecular weight excluding hydrogens is 232 g/mol. The van der Waals surface area contributed by atoms with Crippen molar-refractivity contribution in [3.63, 3.8) is 0 Å². The maximum atomic E-state index is 6.25. The Labute approximate surface area is 105 Å². The lowest BCUT2D eigenvalue weighted by molar-refractivity contribution is 0.220. The smallest absolute Gasteiger partial charge is 0.274 e. The third-order valence-electron chi connectivity index (χ3n) is 3.36. The summed E-state index contributed by atoms with van der Waals surface area (Å²) in [7, 11) is 0. The van der Waals surface area contributed by atoms with E-state index in [9.17, 15) is 0 Å². The van der Waals surface area contributed by atoms with Gasteiger partial charge in [-0.05, 0) is 25.0 Å². The van der Waals surface area contributed by atoms with Gasteiger partial charge in [-0.2, -0.15) is 0 Å². The van der Waals surface area contributed by atoms with Gasteiger partial charge in [-0.25, -0.2) is 4.98 Å². The summed E-state index contributed by atoms with van der Waals surface area (Å²) in [5.74, 6) is 0. The van der Waals surface area contributed by atoms with E-state index in [1.807, 2.05) is 18.2 Å². The lowest BCUT2D eigenvalue weighted by Gasteiger charge is -2.22. The predicted molar refractivity (Wildman–Crippen MR) is 70.5 cm³/mol. The van der Waals surface area contributed by atoms with Crippen molar-refractivity contribution in [3.05, 3.63) is 24.3 Å². The molecule has 0 radical (unpaired) electrons. The number of nitrogens with two attached hydrogens (primary N) is 1. The van der Waals surface area contributed by atoms with Crippen molar-refractivity contribution in [1.82, 2.24) is 4.98 Å². The number of thiazole rings is 1. The number of para-hydroxylation sites is 1. The van der Waals surface area contributed by atoms with E-state index in [1.54, 1.807) is 11.3 Å². The van der Waals surface area contributed by atoms with Crippen LogP contribution in [0.4, 0.5) is 0 Å². The minimum Gasteiger partial charge on any atom is -0.468 e. The first-order valence-electron chi connectivity index (χ1n) is 6.02. The van der Waals surface area contributed by atoms with Crippen LogP contribution in [0.2, 0.25) is 0 Å². The first kappa shape index (κ1) is 11.0. The first-order chi connectivity index (χ1) is 8.25. The molecule has 0 unspecified atom stereocenters. The van der Waals surface area contributed by atoms with Crippen molar-refractivity contribution < 1.29 is 4.74 Å². The molecule has 0 atom stereocenters. The number of hydrogen-bond donors (Lipinski definition) is 1. The molecule has 0 spiro atoms. The Kier molecular flexibility index (Phi) is 2.76. The Morgan fingerprint density at radius 1 is 1.29 bits per heavy atom. The summed E-state index contributed by atoms with van der Waals surface area (Å²) in [5.41, 5.74) is 7.13. The molecule has 0 saturated heterocycles. The monoisotopic (exact) mass is 248 g/mol. The van der Waals surface area contributed by atoms with Crippen molar-refractivity contribution in [2.75, 3.05) is 6.61 Å². The van der Waals surface area contributed by atoms with Crippen LogP contribution in [0.15, 0.2) is 24.3 Å². The summed E-state index contributed by atoms with van der Waals surface area (Å²) in [4.78, 5) is 4.45. The van der Waals surface area contributed by atoms with Crippen LogP contribution in [0, 0.1) is 0 Å². The highest BCUT2D eigenvalue weighted by Gasteiger charge is 2.30. The van der Waals surface area contributed by atoms with E-state index in [1.165, 1.54) is 17.5 Å². The topological polar surface area (TPSA) is 48.1 Å². The second-order valence-electron chi connectivity index (χ2n) is 4.81. The lowest BCUT2D eigenvalue weighted by Crippen LogP contribution is -2.42. The number of nitrogens with zero attached hydrogens (tertiary/aromatic N) is 1. The van der Waals surface area contributed by atoms with Crippen LogP contribution in [-0.2, 0) is 0 Å². The predicted octanol–water partition coefficient (Wildman–Crippen LogP) is 2.95. The van der Waals surface area contributed by atoms with Gasteiger partial charge in [-0.15, -0.1) is 0 Å². The Bertz CT molecular complexity index is 484. The second-order valence-corrected chi connectivity index (χ2v) is 5.80. The zero-order valence-corrected chi connectivity index (χ0v) is 10.5. The van der Waals surface area contributed by atoms with Crippen molar-refractivity contribution in [2.45, 2.75) is 31.2 Å². The largest absolute Gasteiger partial charge is 0.468 e. The third kappa shape index (κ3) is 2.28. The van der Waals surface area contributed by atoms with E-state index in [-0.39, 0.29) is 5.54 Å². The Hall–Kier alpha value is -1.13. The summed E-state index contributed by atoms with van der Waals surface area (Å²) in [6.45, 7) is 0.590. The van der Waals surface area contributed by atoms with Crippen molar-refractivity contribution in [1.29, 1.82) is 0 Å². The molecule has 3 rings (SSSR count). The summed E-state index contributed by atoms with van der Waals surface area (Å²) in [5, 5.41) is 0.739. The van der Waals surface area contributed by atoms with E-state index < -0.39 is 0 Å². The van der Waals surface area contributed by atoms with Crippen LogP contribution in [0.25, 0.3) is 10.2 Å². The molecule has 1 heterocycles. The average Bonchev–Trinajstić information content (AvgIpc) is 2.93. The van der Waals surface area contributed by atoms with Gasteiger partial charge >= 0.3 is 0 Å². The molecule has 17 heavy (non-hydrogen) atoms. The summed E-state index contributed by atoms with van der Waals surface area (Å²) in [6, 6.07) is 8.08. The molecule has 2 aromatic rings. The summed E-state index contributed by atoms with van der Waals surface area (Å²) < 4.78 is 6.93. The molecule has 4 heteroatoms. The van der Waals surface area contributed by atoms with Crippen LogP contribution in [0.3, 0.4) is 0 Å². The quantitative estimate of drug-likeness (QED) is 0.908. The van der Waals surface area contributed by atoms with Crippen LogP contribution in [-0.4, -0.2) is 17.1 Å². The molecule has 0 bridgehead atoms. The highest BCUT2D eigenvalue weighted by atomic mass is 32.1.